The van der Waals surface area contributed by atoms with Crippen LogP contribution in [0.1, 0.15) is 37.6 Å². The number of ketones is 1. The summed E-state index contributed by atoms with van der Waals surface area (Å²) in [7, 11) is 2.63. The Balaban J connectivity index is 3.21. The van der Waals surface area contributed by atoms with E-state index in [-0.39, 0.29) is 28.5 Å². The molecule has 0 fully saturated rings. The number of aromatic nitrogens is 1. The van der Waals surface area contributed by atoms with Crippen LogP contribution in [0.4, 0.5) is 0 Å². The number of nitrogens with one attached hydrogen (secondary N) is 1. The molecule has 6 nitrogen and oxygen atoms in total. The van der Waals surface area contributed by atoms with E-state index in [0.717, 1.165) is 0 Å². The van der Waals surface area contributed by atoms with Crippen molar-refractivity contribution in [3.63, 3.8) is 0 Å². The quantitative estimate of drug-likeness (QED) is 0.592. The lowest BCUT2D eigenvalue weighted by Gasteiger charge is -2.19. The van der Waals surface area contributed by atoms with Gasteiger partial charge in [0.15, 0.2) is 11.5 Å². The minimum Gasteiger partial charge on any atom is -0.503 e. The lowest BCUT2D eigenvalue weighted by molar-refractivity contribution is 0.0908. The summed E-state index contributed by atoms with van der Waals surface area (Å²) in [5.74, 6) is -1.42. The Morgan fingerprint density at radius 1 is 1.27 bits per heavy atom. The van der Waals surface area contributed by atoms with Crippen molar-refractivity contribution in [3.05, 3.63) is 15.9 Å². The van der Waals surface area contributed by atoms with E-state index in [9.17, 15) is 14.7 Å². The van der Waals surface area contributed by atoms with Crippen LogP contribution in [0, 0.1) is 11.8 Å². The van der Waals surface area contributed by atoms with Gasteiger partial charge in [-0.1, -0.05) is 13.8 Å². The second-order valence-electron chi connectivity index (χ2n) is 5.40. The molecule has 0 amide bonds. The molecule has 3 unspecified atom stereocenters. The highest BCUT2D eigenvalue weighted by Gasteiger charge is 2.28. The van der Waals surface area contributed by atoms with Crippen LogP contribution in [0.15, 0.2) is 4.79 Å². The summed E-state index contributed by atoms with van der Waals surface area (Å²) < 4.78 is 9.91. The molecule has 1 aromatic rings. The van der Waals surface area contributed by atoms with Gasteiger partial charge < -0.3 is 14.6 Å². The molecule has 0 radical (unpaired) electrons. The molecule has 0 aliphatic rings. The van der Waals surface area contributed by atoms with E-state index in [4.69, 9.17) is 21.1 Å². The minimum absolute atomic E-state index is 0.0306. The Labute approximate surface area is 134 Å². The number of methoxy groups -OCH3 is 2. The van der Waals surface area contributed by atoms with Crippen LogP contribution >= 0.6 is 11.6 Å². The van der Waals surface area contributed by atoms with Crippen molar-refractivity contribution in [2.24, 2.45) is 11.8 Å². The maximum Gasteiger partial charge on any atom is 0.265 e. The fourth-order valence-electron chi connectivity index (χ4n) is 2.21. The first-order chi connectivity index (χ1) is 10.2. The van der Waals surface area contributed by atoms with Crippen molar-refractivity contribution >= 4 is 17.4 Å². The molecule has 0 aliphatic carbocycles. The summed E-state index contributed by atoms with van der Waals surface area (Å²) in [6, 6.07) is 0. The summed E-state index contributed by atoms with van der Waals surface area (Å²) in [5.41, 5.74) is -1.03. The van der Waals surface area contributed by atoms with Crippen LogP contribution < -0.4 is 15.0 Å². The van der Waals surface area contributed by atoms with Crippen LogP contribution in [0.2, 0.25) is 0 Å². The third kappa shape index (κ3) is 3.74. The fourth-order valence-corrected chi connectivity index (χ4v) is 2.31. The number of carbonyl (C=O) groups excluding carboxylic acids is 1. The van der Waals surface area contributed by atoms with Gasteiger partial charge in [0.25, 0.3) is 5.56 Å². The van der Waals surface area contributed by atoms with Crippen LogP contribution in [-0.4, -0.2) is 35.5 Å². The van der Waals surface area contributed by atoms with E-state index < -0.39 is 23.0 Å². The van der Waals surface area contributed by atoms with E-state index in [2.05, 4.69) is 4.98 Å². The Morgan fingerprint density at radius 3 is 2.32 bits per heavy atom. The maximum atomic E-state index is 12.5. The molecular weight excluding hydrogens is 310 g/mol. The zero-order valence-electron chi connectivity index (χ0n) is 13.4. The van der Waals surface area contributed by atoms with Crippen molar-refractivity contribution < 1.29 is 19.4 Å². The van der Waals surface area contributed by atoms with Gasteiger partial charge in [-0.2, -0.15) is 0 Å². The third-order valence-electron chi connectivity index (χ3n) is 3.72. The average Bonchev–Trinajstić information content (AvgIpc) is 2.45. The number of aromatic amines is 1. The zero-order chi connectivity index (χ0) is 17.0. The second kappa shape index (κ2) is 7.54. The minimum atomic E-state index is -0.710. The molecule has 7 heteroatoms. The number of aromatic hydroxyl groups is 1. The summed E-state index contributed by atoms with van der Waals surface area (Å²) in [6.45, 7) is 5.48. The Bertz CT molecular complexity index is 596. The van der Waals surface area contributed by atoms with E-state index in [1.165, 1.54) is 14.2 Å². The van der Waals surface area contributed by atoms with Crippen molar-refractivity contribution in [3.8, 4) is 17.4 Å². The molecule has 1 rings (SSSR count). The summed E-state index contributed by atoms with van der Waals surface area (Å²) >= 11 is 6.01. The molecule has 0 aliphatic heterocycles. The normalized spacial score (nSPS) is 15.0. The molecule has 1 heterocycles. The SMILES string of the molecule is COc1[nH]c(=O)c(C(=O)C(C)CC(C)C(C)Cl)c(O)c1OC. The first-order valence-corrected chi connectivity index (χ1v) is 7.43. The molecule has 22 heavy (non-hydrogen) atoms. The van der Waals surface area contributed by atoms with Gasteiger partial charge in [0, 0.05) is 11.3 Å². The van der Waals surface area contributed by atoms with E-state index >= 15 is 0 Å². The third-order valence-corrected chi connectivity index (χ3v) is 4.15. The van der Waals surface area contributed by atoms with Crippen LogP contribution in [0.5, 0.6) is 17.4 Å². The van der Waals surface area contributed by atoms with Gasteiger partial charge in [0.1, 0.15) is 5.56 Å². The number of hydrogen-bond donors (Lipinski definition) is 2. The fraction of sp³-hybridized carbons (Fsp3) is 0.600. The number of alkyl halides is 1. The van der Waals surface area contributed by atoms with Gasteiger partial charge in [0.05, 0.1) is 14.2 Å². The number of H-pyrrole nitrogens is 1. The summed E-state index contributed by atoms with van der Waals surface area (Å²) in [5, 5.41) is 10.1. The van der Waals surface area contributed by atoms with E-state index in [0.29, 0.717) is 6.42 Å². The van der Waals surface area contributed by atoms with Crippen LogP contribution in [0.3, 0.4) is 0 Å². The van der Waals surface area contributed by atoms with Gasteiger partial charge in [-0.25, -0.2) is 0 Å². The van der Waals surface area contributed by atoms with E-state index in [1.807, 2.05) is 13.8 Å². The largest absolute Gasteiger partial charge is 0.503 e. The number of pyridine rings is 1. The number of rotatable bonds is 7. The highest BCUT2D eigenvalue weighted by atomic mass is 35.5. The van der Waals surface area contributed by atoms with Crippen molar-refractivity contribution in [2.45, 2.75) is 32.6 Å². The lowest BCUT2D eigenvalue weighted by atomic mass is 9.89. The number of carbonyl (C=O) groups is 1. The predicted octanol–water partition coefficient (Wildman–Crippen LogP) is 2.57. The molecule has 0 saturated carbocycles. The highest BCUT2D eigenvalue weighted by Crippen LogP contribution is 2.36. The van der Waals surface area contributed by atoms with Crippen LogP contribution in [-0.2, 0) is 0 Å². The Kier molecular flexibility index (Phi) is 6.29. The maximum absolute atomic E-state index is 12.5. The van der Waals surface area contributed by atoms with Gasteiger partial charge in [0.2, 0.25) is 11.6 Å². The summed E-state index contributed by atoms with van der Waals surface area (Å²) in [6.07, 6.45) is 0.511. The Morgan fingerprint density at radius 2 is 1.86 bits per heavy atom. The van der Waals surface area contributed by atoms with Crippen molar-refractivity contribution in [2.75, 3.05) is 14.2 Å². The number of ether oxygens (including phenoxy) is 2. The topological polar surface area (TPSA) is 88.6 Å². The number of hydrogen-bond acceptors (Lipinski definition) is 5. The molecule has 1 aromatic heterocycles. The van der Waals surface area contributed by atoms with Crippen molar-refractivity contribution in [1.29, 1.82) is 0 Å². The lowest BCUT2D eigenvalue weighted by Crippen LogP contribution is -2.25. The van der Waals surface area contributed by atoms with Crippen molar-refractivity contribution in [1.82, 2.24) is 4.98 Å². The van der Waals surface area contributed by atoms with E-state index in [1.54, 1.807) is 6.92 Å². The van der Waals surface area contributed by atoms with Gasteiger partial charge in [-0.15, -0.1) is 11.6 Å². The second-order valence-corrected chi connectivity index (χ2v) is 6.09. The molecule has 0 spiro atoms. The van der Waals surface area contributed by atoms with Gasteiger partial charge in [-0.3, -0.25) is 14.6 Å². The molecule has 0 saturated heterocycles. The Hall–Kier alpha value is -1.69. The molecular formula is C15H22ClNO5. The number of halogens is 1. The molecule has 3 atom stereocenters. The monoisotopic (exact) mass is 331 g/mol. The molecule has 2 N–H and O–H groups in total. The smallest absolute Gasteiger partial charge is 0.265 e. The first kappa shape index (κ1) is 18.4. The summed E-state index contributed by atoms with van der Waals surface area (Å²) in [4.78, 5) is 26.9. The number of Topliss-reactive ketones (excluding diaryl/α,β-unsaturated/α-hetero) is 1. The van der Waals surface area contributed by atoms with Gasteiger partial charge >= 0.3 is 0 Å². The zero-order valence-corrected chi connectivity index (χ0v) is 14.2. The molecule has 124 valence electrons. The van der Waals surface area contributed by atoms with Crippen LogP contribution in [0.25, 0.3) is 0 Å². The standard InChI is InChI=1S/C15H22ClNO5/c1-7(9(3)16)6-8(2)11(18)10-12(19)13(21-4)15(22-5)17-14(10)20/h7-9H,6H2,1-5H3,(H2,17,19,20). The molecule has 0 bridgehead atoms. The average molecular weight is 332 g/mol. The predicted molar refractivity (Wildman–Crippen MR) is 84.4 cm³/mol. The van der Waals surface area contributed by atoms with Gasteiger partial charge in [-0.05, 0) is 19.3 Å². The molecule has 0 aromatic carbocycles. The highest BCUT2D eigenvalue weighted by molar-refractivity contribution is 6.20. The first-order valence-electron chi connectivity index (χ1n) is 7.00.